The minimum absolute atomic E-state index is 0.0463. The number of esters is 1. The third kappa shape index (κ3) is 15.0. The molecule has 0 spiro atoms. The number of ether oxygens (including phenoxy) is 2. The second kappa shape index (κ2) is 22.5. The molecule has 1 amide bonds. The van der Waals surface area contributed by atoms with Gasteiger partial charge in [0.2, 0.25) is 5.82 Å². The largest absolute Gasteiger partial charge is 0.481 e. The van der Waals surface area contributed by atoms with Crippen molar-refractivity contribution >= 4 is 40.8 Å². The Bertz CT molecular complexity index is 1670. The predicted octanol–water partition coefficient (Wildman–Crippen LogP) is 4.44. The summed E-state index contributed by atoms with van der Waals surface area (Å²) in [6.45, 7) is 8.19. The highest BCUT2D eigenvalue weighted by Gasteiger charge is 2.21. The highest BCUT2D eigenvalue weighted by atomic mass is 16.6. The van der Waals surface area contributed by atoms with Gasteiger partial charge < -0.3 is 39.8 Å². The Morgan fingerprint density at radius 2 is 1.43 bits per heavy atom. The highest BCUT2D eigenvalue weighted by Crippen LogP contribution is 2.27. The van der Waals surface area contributed by atoms with Crippen molar-refractivity contribution in [1.82, 2.24) is 29.7 Å². The predicted molar refractivity (Wildman–Crippen MR) is 200 cm³/mol. The van der Waals surface area contributed by atoms with Gasteiger partial charge in [0.05, 0.1) is 12.4 Å². The zero-order valence-corrected chi connectivity index (χ0v) is 30.9. The smallest absolute Gasteiger partial charge is 0.302 e. The molecule has 4 aromatic rings. The van der Waals surface area contributed by atoms with Gasteiger partial charge in [-0.3, -0.25) is 19.2 Å². The van der Waals surface area contributed by atoms with Crippen LogP contribution in [-0.4, -0.2) is 111 Å². The van der Waals surface area contributed by atoms with E-state index in [1.807, 2.05) is 41.0 Å². The Hall–Kier alpha value is -5.41. The third-order valence-corrected chi connectivity index (χ3v) is 8.20. The summed E-state index contributed by atoms with van der Waals surface area (Å²) >= 11 is 0. The maximum Gasteiger partial charge on any atom is 0.302 e. The van der Waals surface area contributed by atoms with Crippen LogP contribution in [0.1, 0.15) is 74.1 Å². The maximum absolute atomic E-state index is 13.4. The van der Waals surface area contributed by atoms with E-state index < -0.39 is 11.9 Å². The second-order valence-electron chi connectivity index (χ2n) is 12.4. The van der Waals surface area contributed by atoms with Crippen molar-refractivity contribution in [2.45, 2.75) is 65.0 Å². The molecule has 15 heteroatoms. The monoisotopic (exact) mass is 733 g/mol. The number of aromatic nitrogens is 4. The number of benzene rings is 2. The van der Waals surface area contributed by atoms with Gasteiger partial charge in [-0.1, -0.05) is 67.1 Å². The number of carboxylic acids is 2. The molecule has 286 valence electrons. The van der Waals surface area contributed by atoms with Crippen molar-refractivity contribution in [1.29, 1.82) is 0 Å². The summed E-state index contributed by atoms with van der Waals surface area (Å²) < 4.78 is 12.6. The third-order valence-electron chi connectivity index (χ3n) is 8.20. The molecule has 53 heavy (non-hydrogen) atoms. The minimum atomic E-state index is -0.833. The lowest BCUT2D eigenvalue weighted by molar-refractivity contribution is -0.144. The minimum Gasteiger partial charge on any atom is -0.481 e. The van der Waals surface area contributed by atoms with Crippen LogP contribution in [0.15, 0.2) is 67.0 Å². The number of imidazole rings is 1. The number of hydrogen-bond acceptors (Lipinski definition) is 11. The van der Waals surface area contributed by atoms with Gasteiger partial charge in [0.1, 0.15) is 12.1 Å². The van der Waals surface area contributed by atoms with E-state index in [-0.39, 0.29) is 36.3 Å². The Kier molecular flexibility index (Phi) is 17.8. The Morgan fingerprint density at radius 1 is 0.849 bits per heavy atom. The zero-order valence-electron chi connectivity index (χ0n) is 30.9. The van der Waals surface area contributed by atoms with Crippen LogP contribution in [0.4, 0.5) is 5.82 Å². The fourth-order valence-electron chi connectivity index (χ4n) is 5.68. The lowest BCUT2D eigenvalue weighted by Crippen LogP contribution is -2.38. The Labute approximate surface area is 309 Å². The van der Waals surface area contributed by atoms with Crippen LogP contribution in [0.25, 0.3) is 11.2 Å². The number of likely N-dealkylation sites (tertiary alicyclic amines) is 1. The normalized spacial score (nSPS) is 13.2. The summed E-state index contributed by atoms with van der Waals surface area (Å²) in [4.78, 5) is 59.1. The first-order chi connectivity index (χ1) is 25.5. The molecule has 2 aromatic heterocycles. The number of carbonyl (C=O) groups excluding carboxylic acids is 2. The number of nitrogens with zero attached hydrogens (tertiary/aromatic N) is 5. The molecule has 4 N–H and O–H groups in total. The van der Waals surface area contributed by atoms with Crippen molar-refractivity contribution in [2.75, 3.05) is 51.8 Å². The topological polar surface area (TPSA) is 198 Å². The maximum atomic E-state index is 13.4. The van der Waals surface area contributed by atoms with Crippen LogP contribution in [0.3, 0.4) is 0 Å². The van der Waals surface area contributed by atoms with E-state index in [0.717, 1.165) is 33.5 Å². The van der Waals surface area contributed by atoms with Gasteiger partial charge in [-0.25, -0.2) is 15.0 Å². The molecular weight excluding hydrogens is 682 g/mol. The summed E-state index contributed by atoms with van der Waals surface area (Å²) in [5.41, 5.74) is 3.46. The number of fused-ring (bicyclic) bond motifs is 1. The van der Waals surface area contributed by atoms with Crippen molar-refractivity contribution in [3.63, 3.8) is 0 Å². The molecule has 1 aliphatic rings. The van der Waals surface area contributed by atoms with E-state index in [1.54, 1.807) is 13.4 Å². The van der Waals surface area contributed by atoms with E-state index in [4.69, 9.17) is 34.3 Å². The highest BCUT2D eigenvalue weighted by molar-refractivity contribution is 5.94. The Balaban J connectivity index is 0.000000859. The SMILES string of the molecule is CC(=O)O.CC(=O)O.COC(CCn1cnc2c(NCC(c3ccccc3)c3ccccc3)nc(C(=O)NCCN3CCCCC3)nc21)COC(C)=O. The van der Waals surface area contributed by atoms with Crippen LogP contribution in [-0.2, 0) is 30.4 Å². The molecule has 15 nitrogen and oxygen atoms in total. The molecule has 1 fully saturated rings. The van der Waals surface area contributed by atoms with Gasteiger partial charge in [-0.2, -0.15) is 0 Å². The molecule has 1 atom stereocenters. The molecule has 0 aliphatic carbocycles. The number of aryl methyl sites for hydroxylation is 1. The molecule has 1 saturated heterocycles. The Morgan fingerprint density at radius 3 is 1.98 bits per heavy atom. The average molecular weight is 734 g/mol. The number of aliphatic carboxylic acids is 2. The van der Waals surface area contributed by atoms with Gasteiger partial charge in [0.25, 0.3) is 17.8 Å². The quantitative estimate of drug-likeness (QED) is 0.125. The average Bonchev–Trinajstić information content (AvgIpc) is 3.55. The fraction of sp³-hybridized carbons (Fsp3) is 0.447. The van der Waals surface area contributed by atoms with Gasteiger partial charge in [-0.05, 0) is 43.5 Å². The van der Waals surface area contributed by atoms with E-state index >= 15 is 0 Å². The molecule has 0 bridgehead atoms. The summed E-state index contributed by atoms with van der Waals surface area (Å²) in [6, 6.07) is 20.6. The second-order valence-corrected chi connectivity index (χ2v) is 12.4. The van der Waals surface area contributed by atoms with Crippen molar-refractivity contribution in [3.05, 3.63) is 83.9 Å². The van der Waals surface area contributed by atoms with Gasteiger partial charge in [0.15, 0.2) is 11.5 Å². The van der Waals surface area contributed by atoms with E-state index in [2.05, 4.69) is 49.8 Å². The van der Waals surface area contributed by atoms with Crippen LogP contribution < -0.4 is 10.6 Å². The number of nitrogens with one attached hydrogen (secondary N) is 2. The van der Waals surface area contributed by atoms with Crippen molar-refractivity contribution in [3.8, 4) is 0 Å². The van der Waals surface area contributed by atoms with Crippen LogP contribution in [0, 0.1) is 0 Å². The number of methoxy groups -OCH3 is 1. The molecule has 1 aliphatic heterocycles. The first kappa shape index (κ1) is 42.0. The standard InChI is InChI=1S/C34H43N7O4.2C2H4O2/c1-25(42)45-23-28(44-2)16-20-41-24-37-30-31(36-22-29(26-12-6-3-7-13-26)27-14-8-4-9-15-27)38-32(39-33(30)41)34(43)35-17-21-40-18-10-5-11-19-40;2*1-2(3)4/h3-4,6-9,12-15,24,28-29H,5,10-11,16-23H2,1-2H3,(H,35,43)(H,36,38,39);2*1H3,(H,3,4). The van der Waals surface area contributed by atoms with Gasteiger partial charge in [-0.15, -0.1) is 0 Å². The first-order valence-corrected chi connectivity index (χ1v) is 17.6. The molecule has 0 saturated carbocycles. The van der Waals surface area contributed by atoms with E-state index in [9.17, 15) is 9.59 Å². The van der Waals surface area contributed by atoms with E-state index in [0.29, 0.717) is 43.0 Å². The number of anilines is 1. The molecule has 1 unspecified atom stereocenters. The molecular formula is C38H51N7O8. The number of carbonyl (C=O) groups is 4. The lowest BCUT2D eigenvalue weighted by Gasteiger charge is -2.26. The number of amides is 1. The zero-order chi connectivity index (χ0) is 38.6. The number of piperidine rings is 1. The molecule has 2 aromatic carbocycles. The molecule has 0 radical (unpaired) electrons. The number of hydrogen-bond donors (Lipinski definition) is 4. The lowest BCUT2D eigenvalue weighted by atomic mass is 9.91. The summed E-state index contributed by atoms with van der Waals surface area (Å²) in [5.74, 6) is -1.71. The first-order valence-electron chi connectivity index (χ1n) is 17.6. The summed E-state index contributed by atoms with van der Waals surface area (Å²) in [5, 5.41) is 21.4. The summed E-state index contributed by atoms with van der Waals surface area (Å²) in [6.07, 6.45) is 5.64. The van der Waals surface area contributed by atoms with Crippen LogP contribution in [0.5, 0.6) is 0 Å². The van der Waals surface area contributed by atoms with Crippen LogP contribution in [0.2, 0.25) is 0 Å². The number of rotatable bonds is 15. The number of carboxylic acid groups (broad SMARTS) is 2. The molecule has 3 heterocycles. The fourth-order valence-corrected chi connectivity index (χ4v) is 5.68. The molecule has 5 rings (SSSR count). The van der Waals surface area contributed by atoms with E-state index in [1.165, 1.54) is 37.3 Å². The van der Waals surface area contributed by atoms with Gasteiger partial charge >= 0.3 is 5.97 Å². The van der Waals surface area contributed by atoms with Crippen molar-refractivity contribution in [2.24, 2.45) is 0 Å². The van der Waals surface area contributed by atoms with Crippen LogP contribution >= 0.6 is 0 Å². The van der Waals surface area contributed by atoms with Crippen molar-refractivity contribution < 1.29 is 38.9 Å². The van der Waals surface area contributed by atoms with Gasteiger partial charge in [0, 0.05) is 60.0 Å². The summed E-state index contributed by atoms with van der Waals surface area (Å²) in [7, 11) is 1.59.